The summed E-state index contributed by atoms with van der Waals surface area (Å²) in [5.74, 6) is -0.544. The Hall–Kier alpha value is -0.360. The molecule has 0 aliphatic rings. The molecule has 0 saturated heterocycles. The van der Waals surface area contributed by atoms with Gasteiger partial charge < -0.3 is 4.55 Å². The minimum absolute atomic E-state index is 0.0365. The summed E-state index contributed by atoms with van der Waals surface area (Å²) in [7, 11) is 0. The van der Waals surface area contributed by atoms with E-state index in [2.05, 4.69) is 4.98 Å². The average Bonchev–Trinajstić information content (AvgIpc) is 2.32. The summed E-state index contributed by atoms with van der Waals surface area (Å²) in [5, 5.41) is 0.0365. The topological polar surface area (TPSA) is 39.2 Å². The fourth-order valence-corrected chi connectivity index (χ4v) is 3.19. The van der Waals surface area contributed by atoms with Crippen molar-refractivity contribution in [3.63, 3.8) is 0 Å². The number of rotatable bonds is 4. The molecule has 2 atom stereocenters. The SMILES string of the molecule is CCN(C(C)c1cc(Cl)c(F)cn1)[S+]([O-])C(C)(C)C. The standard InChI is InChI=1S/C13H20ClFN2OS/c1-6-17(19(18)13(3,4)5)9(2)12-7-10(14)11(15)8-16-12/h7-9H,6H2,1-5H3. The summed E-state index contributed by atoms with van der Waals surface area (Å²) in [5.41, 5.74) is 0.617. The molecule has 0 aliphatic heterocycles. The van der Waals surface area contributed by atoms with Crippen LogP contribution in [0.3, 0.4) is 0 Å². The summed E-state index contributed by atoms with van der Waals surface area (Å²) in [4.78, 5) is 4.04. The van der Waals surface area contributed by atoms with Crippen molar-refractivity contribution < 1.29 is 8.94 Å². The van der Waals surface area contributed by atoms with Gasteiger partial charge in [0.25, 0.3) is 0 Å². The Labute approximate surface area is 122 Å². The quantitative estimate of drug-likeness (QED) is 0.796. The van der Waals surface area contributed by atoms with Gasteiger partial charge in [0.15, 0.2) is 5.82 Å². The molecule has 1 rings (SSSR count). The second-order valence-electron chi connectivity index (χ2n) is 5.29. The van der Waals surface area contributed by atoms with Gasteiger partial charge in [0.1, 0.15) is 4.75 Å². The van der Waals surface area contributed by atoms with Crippen LogP contribution in [0.5, 0.6) is 0 Å². The van der Waals surface area contributed by atoms with Crippen LogP contribution in [0, 0.1) is 5.82 Å². The van der Waals surface area contributed by atoms with Crippen LogP contribution in [0.2, 0.25) is 5.02 Å². The first-order valence-electron chi connectivity index (χ1n) is 6.18. The number of halogens is 2. The summed E-state index contributed by atoms with van der Waals surface area (Å²) >= 11 is 4.60. The highest BCUT2D eigenvalue weighted by Crippen LogP contribution is 2.29. The monoisotopic (exact) mass is 306 g/mol. The Bertz CT molecular complexity index is 439. The van der Waals surface area contributed by atoms with Crippen LogP contribution in [0.4, 0.5) is 4.39 Å². The van der Waals surface area contributed by atoms with E-state index in [0.29, 0.717) is 12.2 Å². The summed E-state index contributed by atoms with van der Waals surface area (Å²) in [6.07, 6.45) is 1.10. The van der Waals surface area contributed by atoms with Crippen molar-refractivity contribution in [2.24, 2.45) is 0 Å². The zero-order chi connectivity index (χ0) is 14.8. The van der Waals surface area contributed by atoms with Gasteiger partial charge in [0.2, 0.25) is 0 Å². The van der Waals surface area contributed by atoms with Gasteiger partial charge in [0.05, 0.1) is 23.0 Å². The van der Waals surface area contributed by atoms with Crippen molar-refractivity contribution in [3.05, 3.63) is 28.8 Å². The van der Waals surface area contributed by atoms with Gasteiger partial charge >= 0.3 is 0 Å². The van der Waals surface area contributed by atoms with Crippen molar-refractivity contribution in [2.75, 3.05) is 6.54 Å². The molecule has 0 aromatic carbocycles. The fourth-order valence-electron chi connectivity index (χ4n) is 1.69. The third kappa shape index (κ3) is 4.05. The minimum Gasteiger partial charge on any atom is -0.597 e. The van der Waals surface area contributed by atoms with E-state index in [0.717, 1.165) is 6.20 Å². The second kappa shape index (κ2) is 6.39. The van der Waals surface area contributed by atoms with Crippen molar-refractivity contribution in [3.8, 4) is 0 Å². The lowest BCUT2D eigenvalue weighted by Crippen LogP contribution is -2.44. The Balaban J connectivity index is 3.01. The lowest BCUT2D eigenvalue weighted by molar-refractivity contribution is 0.339. The molecule has 0 spiro atoms. The molecule has 2 unspecified atom stereocenters. The van der Waals surface area contributed by atoms with Gasteiger partial charge in [-0.3, -0.25) is 4.98 Å². The van der Waals surface area contributed by atoms with E-state index in [1.807, 2.05) is 38.9 Å². The Morgan fingerprint density at radius 1 is 1.53 bits per heavy atom. The van der Waals surface area contributed by atoms with E-state index in [1.54, 1.807) is 0 Å². The van der Waals surface area contributed by atoms with Crippen LogP contribution in [-0.4, -0.2) is 25.1 Å². The normalized spacial score (nSPS) is 15.6. The predicted molar refractivity (Wildman–Crippen MR) is 77.9 cm³/mol. The van der Waals surface area contributed by atoms with E-state index in [-0.39, 0.29) is 15.8 Å². The van der Waals surface area contributed by atoms with E-state index in [1.165, 1.54) is 6.07 Å². The molecule has 0 saturated carbocycles. The van der Waals surface area contributed by atoms with Crippen molar-refractivity contribution in [2.45, 2.75) is 45.4 Å². The number of hydrogen-bond donors (Lipinski definition) is 0. The molecule has 0 N–H and O–H groups in total. The summed E-state index contributed by atoms with van der Waals surface area (Å²) < 4.78 is 27.1. The van der Waals surface area contributed by atoms with E-state index in [9.17, 15) is 8.94 Å². The van der Waals surface area contributed by atoms with Gasteiger partial charge in [0, 0.05) is 17.9 Å². The molecule has 0 amide bonds. The van der Waals surface area contributed by atoms with Gasteiger partial charge in [-0.05, 0) is 40.7 Å². The zero-order valence-corrected chi connectivity index (χ0v) is 13.5. The molecule has 1 heterocycles. The first kappa shape index (κ1) is 16.7. The molecule has 1 aromatic rings. The van der Waals surface area contributed by atoms with Crippen LogP contribution >= 0.6 is 11.6 Å². The molecule has 6 heteroatoms. The predicted octanol–water partition coefficient (Wildman–Crippen LogP) is 3.72. The zero-order valence-electron chi connectivity index (χ0n) is 11.9. The smallest absolute Gasteiger partial charge is 0.160 e. The molecule has 0 fully saturated rings. The van der Waals surface area contributed by atoms with E-state index >= 15 is 0 Å². The third-order valence-corrected chi connectivity index (χ3v) is 5.08. The van der Waals surface area contributed by atoms with Crippen molar-refractivity contribution in [1.82, 2.24) is 9.29 Å². The minimum atomic E-state index is -1.16. The molecule has 108 valence electrons. The van der Waals surface area contributed by atoms with Crippen LogP contribution in [0.15, 0.2) is 12.3 Å². The number of aromatic nitrogens is 1. The third-order valence-electron chi connectivity index (χ3n) is 2.74. The molecule has 0 bridgehead atoms. The Morgan fingerprint density at radius 3 is 2.53 bits per heavy atom. The molecule has 1 aromatic heterocycles. The van der Waals surface area contributed by atoms with Crippen molar-refractivity contribution in [1.29, 1.82) is 0 Å². The largest absolute Gasteiger partial charge is 0.597 e. The Morgan fingerprint density at radius 2 is 2.11 bits per heavy atom. The highest BCUT2D eigenvalue weighted by molar-refractivity contribution is 7.90. The second-order valence-corrected chi connectivity index (χ2v) is 7.89. The maximum absolute atomic E-state index is 13.1. The van der Waals surface area contributed by atoms with Crippen molar-refractivity contribution >= 4 is 23.0 Å². The fraction of sp³-hybridized carbons (Fsp3) is 0.615. The molecule has 0 radical (unpaired) electrons. The van der Waals surface area contributed by atoms with Crippen LogP contribution in [-0.2, 0) is 11.4 Å². The molecule has 0 aliphatic carbocycles. The maximum Gasteiger partial charge on any atom is 0.160 e. The molecular formula is C13H20ClFN2OS. The van der Waals surface area contributed by atoms with E-state index < -0.39 is 17.2 Å². The number of hydrogen-bond acceptors (Lipinski definition) is 3. The van der Waals surface area contributed by atoms with Crippen LogP contribution in [0.25, 0.3) is 0 Å². The van der Waals surface area contributed by atoms with Gasteiger partial charge in [-0.25, -0.2) is 4.39 Å². The summed E-state index contributed by atoms with van der Waals surface area (Å²) in [6.45, 7) is 10.2. The lowest BCUT2D eigenvalue weighted by Gasteiger charge is -2.35. The highest BCUT2D eigenvalue weighted by Gasteiger charge is 2.36. The van der Waals surface area contributed by atoms with Gasteiger partial charge in [-0.2, -0.15) is 0 Å². The first-order chi connectivity index (χ1) is 8.68. The maximum atomic E-state index is 13.1. The Kier molecular flexibility index (Phi) is 5.62. The average molecular weight is 307 g/mol. The molecule has 19 heavy (non-hydrogen) atoms. The first-order valence-corrected chi connectivity index (χ1v) is 7.66. The number of nitrogens with zero attached hydrogens (tertiary/aromatic N) is 2. The lowest BCUT2D eigenvalue weighted by atomic mass is 10.2. The van der Waals surface area contributed by atoms with E-state index in [4.69, 9.17) is 11.6 Å². The number of pyridine rings is 1. The van der Waals surface area contributed by atoms with Gasteiger partial charge in [-0.1, -0.05) is 11.6 Å². The van der Waals surface area contributed by atoms with Gasteiger partial charge in [-0.15, -0.1) is 4.31 Å². The van der Waals surface area contributed by atoms with Crippen LogP contribution in [0.1, 0.15) is 46.4 Å². The highest BCUT2D eigenvalue weighted by atomic mass is 35.5. The molecular weight excluding hydrogens is 287 g/mol. The summed E-state index contributed by atoms with van der Waals surface area (Å²) in [6, 6.07) is 1.30. The van der Waals surface area contributed by atoms with Crippen LogP contribution < -0.4 is 0 Å². The molecule has 3 nitrogen and oxygen atoms in total.